The maximum absolute atomic E-state index is 12.2. The molecule has 0 amide bonds. The summed E-state index contributed by atoms with van der Waals surface area (Å²) in [4.78, 5) is 7.63. The van der Waals surface area contributed by atoms with Crippen LogP contribution in [-0.2, 0) is 10.0 Å². The molecule has 0 saturated heterocycles. The van der Waals surface area contributed by atoms with Crippen molar-refractivity contribution < 1.29 is 13.2 Å². The van der Waals surface area contributed by atoms with Gasteiger partial charge in [0.25, 0.3) is 10.0 Å². The lowest BCUT2D eigenvalue weighted by Crippen LogP contribution is -2.14. The summed E-state index contributed by atoms with van der Waals surface area (Å²) in [6, 6.07) is 4.39. The molecule has 20 heavy (non-hydrogen) atoms. The van der Waals surface area contributed by atoms with Crippen molar-refractivity contribution in [3.63, 3.8) is 0 Å². The third-order valence-corrected chi connectivity index (χ3v) is 4.43. The number of anilines is 1. The Morgan fingerprint density at radius 3 is 2.70 bits per heavy atom. The smallest absolute Gasteiger partial charge is 0.263 e. The van der Waals surface area contributed by atoms with Crippen molar-refractivity contribution >= 4 is 43.4 Å². The first-order valence-electron chi connectivity index (χ1n) is 5.26. The van der Waals surface area contributed by atoms with Gasteiger partial charge in [-0.15, -0.1) is 0 Å². The Labute approximate surface area is 129 Å². The highest BCUT2D eigenvalue weighted by molar-refractivity contribution is 9.10. The Hall–Kier alpha value is -1.38. The standard InChI is InChI=1S/C11H9BrClN3O3S/c1-19-9-3-2-7(4-8(9)12)20(17,18)16-11-6-14-5-10(13)15-11/h2-6H,1H3,(H,15,16). The van der Waals surface area contributed by atoms with Crippen molar-refractivity contribution in [3.05, 3.63) is 40.2 Å². The predicted molar refractivity (Wildman–Crippen MR) is 78.5 cm³/mol. The lowest BCUT2D eigenvalue weighted by atomic mass is 10.3. The molecule has 2 aromatic rings. The molecule has 0 unspecified atom stereocenters. The van der Waals surface area contributed by atoms with Crippen LogP contribution < -0.4 is 9.46 Å². The van der Waals surface area contributed by atoms with Crippen molar-refractivity contribution in [2.75, 3.05) is 11.8 Å². The molecule has 0 aliphatic rings. The van der Waals surface area contributed by atoms with Crippen LogP contribution in [0.3, 0.4) is 0 Å². The highest BCUT2D eigenvalue weighted by atomic mass is 79.9. The van der Waals surface area contributed by atoms with Gasteiger partial charge in [-0.25, -0.2) is 13.4 Å². The lowest BCUT2D eigenvalue weighted by Gasteiger charge is -2.09. The van der Waals surface area contributed by atoms with Crippen molar-refractivity contribution in [1.82, 2.24) is 9.97 Å². The number of aromatic nitrogens is 2. The van der Waals surface area contributed by atoms with E-state index < -0.39 is 10.0 Å². The van der Waals surface area contributed by atoms with E-state index in [1.54, 1.807) is 6.07 Å². The average Bonchev–Trinajstić information content (AvgIpc) is 2.38. The second-order valence-corrected chi connectivity index (χ2v) is 6.55. The second kappa shape index (κ2) is 5.94. The first-order valence-corrected chi connectivity index (χ1v) is 7.92. The predicted octanol–water partition coefficient (Wildman–Crippen LogP) is 2.70. The second-order valence-electron chi connectivity index (χ2n) is 3.63. The van der Waals surface area contributed by atoms with Crippen LogP contribution in [-0.4, -0.2) is 25.5 Å². The average molecular weight is 379 g/mol. The van der Waals surface area contributed by atoms with Gasteiger partial charge >= 0.3 is 0 Å². The molecule has 9 heteroatoms. The van der Waals surface area contributed by atoms with Gasteiger partial charge in [-0.2, -0.15) is 0 Å². The van der Waals surface area contributed by atoms with Crippen molar-refractivity contribution in [1.29, 1.82) is 0 Å². The van der Waals surface area contributed by atoms with Gasteiger partial charge in [0.1, 0.15) is 10.9 Å². The van der Waals surface area contributed by atoms with Crippen LogP contribution >= 0.6 is 27.5 Å². The number of sulfonamides is 1. The summed E-state index contributed by atoms with van der Waals surface area (Å²) in [7, 11) is -2.28. The monoisotopic (exact) mass is 377 g/mol. The Bertz CT molecular complexity index is 739. The molecule has 0 radical (unpaired) electrons. The highest BCUT2D eigenvalue weighted by Crippen LogP contribution is 2.28. The van der Waals surface area contributed by atoms with E-state index in [4.69, 9.17) is 16.3 Å². The molecule has 0 saturated carbocycles. The molecule has 1 aromatic carbocycles. The molecule has 0 bridgehead atoms. The summed E-state index contributed by atoms with van der Waals surface area (Å²) in [5.74, 6) is 0.580. The van der Waals surface area contributed by atoms with Gasteiger partial charge in [-0.05, 0) is 34.1 Å². The van der Waals surface area contributed by atoms with Crippen LogP contribution in [0.2, 0.25) is 5.15 Å². The Morgan fingerprint density at radius 2 is 2.10 bits per heavy atom. The van der Waals surface area contributed by atoms with E-state index in [-0.39, 0.29) is 15.9 Å². The number of benzene rings is 1. The highest BCUT2D eigenvalue weighted by Gasteiger charge is 2.17. The summed E-state index contributed by atoms with van der Waals surface area (Å²) >= 11 is 8.88. The minimum atomic E-state index is -3.77. The zero-order valence-corrected chi connectivity index (χ0v) is 13.3. The van der Waals surface area contributed by atoms with Gasteiger partial charge in [0, 0.05) is 0 Å². The third-order valence-electron chi connectivity index (χ3n) is 2.28. The molecule has 1 aromatic heterocycles. The number of rotatable bonds is 4. The summed E-state index contributed by atoms with van der Waals surface area (Å²) in [6.07, 6.45) is 2.57. The molecule has 6 nitrogen and oxygen atoms in total. The molecular weight excluding hydrogens is 370 g/mol. The maximum atomic E-state index is 12.2. The van der Waals surface area contributed by atoms with E-state index in [1.807, 2.05) is 0 Å². The van der Waals surface area contributed by atoms with Crippen LogP contribution in [0, 0.1) is 0 Å². The first kappa shape index (κ1) is 15.0. The van der Waals surface area contributed by atoms with E-state index in [0.717, 1.165) is 0 Å². The van der Waals surface area contributed by atoms with Gasteiger partial charge < -0.3 is 4.74 Å². The van der Waals surface area contributed by atoms with E-state index in [9.17, 15) is 8.42 Å². The number of hydrogen-bond donors (Lipinski definition) is 1. The number of methoxy groups -OCH3 is 1. The molecule has 1 heterocycles. The Balaban J connectivity index is 2.33. The minimum Gasteiger partial charge on any atom is -0.496 e. The lowest BCUT2D eigenvalue weighted by molar-refractivity contribution is 0.411. The van der Waals surface area contributed by atoms with Crippen molar-refractivity contribution in [2.45, 2.75) is 4.90 Å². The molecule has 0 fully saturated rings. The molecule has 2 rings (SSSR count). The van der Waals surface area contributed by atoms with Crippen LogP contribution in [0.25, 0.3) is 0 Å². The van der Waals surface area contributed by atoms with E-state index >= 15 is 0 Å². The zero-order valence-electron chi connectivity index (χ0n) is 10.2. The number of nitrogens with zero attached hydrogens (tertiary/aromatic N) is 2. The Morgan fingerprint density at radius 1 is 1.35 bits per heavy atom. The van der Waals surface area contributed by atoms with Crippen LogP contribution in [0.4, 0.5) is 5.82 Å². The van der Waals surface area contributed by atoms with Gasteiger partial charge in [-0.3, -0.25) is 9.71 Å². The quantitative estimate of drug-likeness (QED) is 0.884. The number of halogens is 2. The number of ether oxygens (including phenoxy) is 1. The molecule has 0 aliphatic heterocycles. The number of hydrogen-bond acceptors (Lipinski definition) is 5. The third kappa shape index (κ3) is 3.38. The van der Waals surface area contributed by atoms with E-state index in [0.29, 0.717) is 10.2 Å². The van der Waals surface area contributed by atoms with Gasteiger partial charge in [-0.1, -0.05) is 11.6 Å². The zero-order chi connectivity index (χ0) is 14.8. The van der Waals surface area contributed by atoms with E-state index in [2.05, 4.69) is 30.6 Å². The van der Waals surface area contributed by atoms with Crippen molar-refractivity contribution in [3.8, 4) is 5.75 Å². The Kier molecular flexibility index (Phi) is 4.46. The molecule has 1 N–H and O–H groups in total. The molecule has 0 spiro atoms. The first-order chi connectivity index (χ1) is 9.42. The molecule has 0 atom stereocenters. The fraction of sp³-hybridized carbons (Fsp3) is 0.0909. The summed E-state index contributed by atoms with van der Waals surface area (Å²) < 4.78 is 32.2. The fourth-order valence-corrected chi connectivity index (χ4v) is 3.25. The topological polar surface area (TPSA) is 81.2 Å². The summed E-state index contributed by atoms with van der Waals surface area (Å²) in [5.41, 5.74) is 0. The summed E-state index contributed by atoms with van der Waals surface area (Å²) in [6.45, 7) is 0. The molecule has 0 aliphatic carbocycles. The van der Waals surface area contributed by atoms with Gasteiger partial charge in [0.05, 0.1) is 28.9 Å². The molecular formula is C11H9BrClN3O3S. The number of nitrogens with one attached hydrogen (secondary N) is 1. The van der Waals surface area contributed by atoms with Crippen LogP contribution in [0.1, 0.15) is 0 Å². The summed E-state index contributed by atoms with van der Waals surface area (Å²) in [5, 5.41) is 0.0983. The fourth-order valence-electron chi connectivity index (χ4n) is 1.40. The SMILES string of the molecule is COc1ccc(S(=O)(=O)Nc2cncc(Cl)n2)cc1Br. The maximum Gasteiger partial charge on any atom is 0.263 e. The van der Waals surface area contributed by atoms with Crippen LogP contribution in [0.15, 0.2) is 40.0 Å². The van der Waals surface area contributed by atoms with Crippen molar-refractivity contribution in [2.24, 2.45) is 0 Å². The van der Waals surface area contributed by atoms with E-state index in [1.165, 1.54) is 31.6 Å². The molecule has 106 valence electrons. The minimum absolute atomic E-state index is 0.0458. The van der Waals surface area contributed by atoms with Crippen LogP contribution in [0.5, 0.6) is 5.75 Å². The van der Waals surface area contributed by atoms with Gasteiger partial charge in [0.15, 0.2) is 5.82 Å². The largest absolute Gasteiger partial charge is 0.496 e. The van der Waals surface area contributed by atoms with Gasteiger partial charge in [0.2, 0.25) is 0 Å². The normalized spacial score (nSPS) is 11.2.